The molecule has 0 spiro atoms. The van der Waals surface area contributed by atoms with Crippen molar-refractivity contribution in [2.24, 2.45) is 0 Å². The molecule has 0 aliphatic heterocycles. The van der Waals surface area contributed by atoms with Gasteiger partial charge >= 0.3 is 0 Å². The van der Waals surface area contributed by atoms with E-state index in [1.807, 2.05) is 31.2 Å². The molecule has 4 nitrogen and oxygen atoms in total. The van der Waals surface area contributed by atoms with Crippen molar-refractivity contribution in [3.05, 3.63) is 29.8 Å². The zero-order chi connectivity index (χ0) is 18.4. The molecular weight excluding hydrogens is 324 g/mol. The number of benzene rings is 1. The molecule has 0 saturated heterocycles. The van der Waals surface area contributed by atoms with Gasteiger partial charge in [0.2, 0.25) is 5.91 Å². The Morgan fingerprint density at radius 1 is 0.923 bits per heavy atom. The maximum atomic E-state index is 13.6. The molecule has 4 heteroatoms. The van der Waals surface area contributed by atoms with Crippen LogP contribution >= 0.6 is 0 Å². The van der Waals surface area contributed by atoms with Crippen molar-refractivity contribution in [1.29, 1.82) is 0 Å². The molecule has 0 unspecified atom stereocenters. The smallest absolute Gasteiger partial charge is 0.256 e. The molecule has 2 aliphatic rings. The average Bonchev–Trinajstić information content (AvgIpc) is 2.70. The highest BCUT2D eigenvalue weighted by Gasteiger charge is 2.33. The number of amides is 2. The first-order valence-corrected chi connectivity index (χ1v) is 10.4. The van der Waals surface area contributed by atoms with Gasteiger partial charge in [0.1, 0.15) is 0 Å². The number of carbonyl (C=O) groups excluding carboxylic acids is 2. The topological polar surface area (TPSA) is 49.4 Å². The number of rotatable bonds is 5. The number of hydrogen-bond acceptors (Lipinski definition) is 2. The molecule has 1 aromatic carbocycles. The van der Waals surface area contributed by atoms with Gasteiger partial charge in [-0.3, -0.25) is 9.59 Å². The molecule has 3 rings (SSSR count). The fourth-order valence-electron chi connectivity index (χ4n) is 4.50. The highest BCUT2D eigenvalue weighted by Crippen LogP contribution is 2.32. The minimum absolute atomic E-state index is 0.0490. The molecule has 0 atom stereocenters. The summed E-state index contributed by atoms with van der Waals surface area (Å²) in [6.07, 6.45) is 12.3. The molecule has 1 N–H and O–H groups in total. The van der Waals surface area contributed by atoms with E-state index in [0.29, 0.717) is 29.8 Å². The molecule has 0 heterocycles. The molecule has 26 heavy (non-hydrogen) atoms. The van der Waals surface area contributed by atoms with Crippen molar-refractivity contribution in [2.45, 2.75) is 89.6 Å². The van der Waals surface area contributed by atoms with Crippen LogP contribution in [-0.4, -0.2) is 28.8 Å². The predicted octanol–water partition coefficient (Wildman–Crippen LogP) is 5.14. The van der Waals surface area contributed by atoms with Gasteiger partial charge in [0.25, 0.3) is 5.91 Å². The quantitative estimate of drug-likeness (QED) is 0.794. The first-order valence-electron chi connectivity index (χ1n) is 10.4. The monoisotopic (exact) mass is 356 g/mol. The second-order valence-electron chi connectivity index (χ2n) is 7.74. The van der Waals surface area contributed by atoms with Crippen molar-refractivity contribution in [2.75, 3.05) is 5.32 Å². The van der Waals surface area contributed by atoms with Crippen LogP contribution in [0.2, 0.25) is 0 Å². The summed E-state index contributed by atoms with van der Waals surface area (Å²) in [6.45, 7) is 1.83. The SMILES string of the molecule is CCC(=O)Nc1ccccc1C(=O)N(C1CCCCC1)C1CCCCC1. The summed E-state index contributed by atoms with van der Waals surface area (Å²) in [5, 5.41) is 2.92. The van der Waals surface area contributed by atoms with Crippen LogP contribution in [-0.2, 0) is 4.79 Å². The summed E-state index contributed by atoms with van der Waals surface area (Å²) >= 11 is 0. The molecule has 2 saturated carbocycles. The van der Waals surface area contributed by atoms with Crippen molar-refractivity contribution < 1.29 is 9.59 Å². The Morgan fingerprint density at radius 3 is 2.00 bits per heavy atom. The average molecular weight is 357 g/mol. The van der Waals surface area contributed by atoms with E-state index in [0.717, 1.165) is 25.7 Å². The standard InChI is InChI=1S/C22H32N2O2/c1-2-21(25)23-20-16-10-9-15-19(20)22(26)24(17-11-5-3-6-12-17)18-13-7-4-8-14-18/h9-10,15-18H,2-8,11-14H2,1H3,(H,23,25). The van der Waals surface area contributed by atoms with E-state index in [-0.39, 0.29) is 11.8 Å². The maximum Gasteiger partial charge on any atom is 0.256 e. The second-order valence-corrected chi connectivity index (χ2v) is 7.74. The van der Waals surface area contributed by atoms with Gasteiger partial charge < -0.3 is 10.2 Å². The lowest BCUT2D eigenvalue weighted by Gasteiger charge is -2.42. The second kappa shape index (κ2) is 9.20. The van der Waals surface area contributed by atoms with Crippen LogP contribution in [0.4, 0.5) is 5.69 Å². The molecular formula is C22H32N2O2. The highest BCUT2D eigenvalue weighted by atomic mass is 16.2. The lowest BCUT2D eigenvalue weighted by atomic mass is 9.88. The molecule has 0 aromatic heterocycles. The Labute approximate surface area is 157 Å². The third-order valence-electron chi connectivity index (χ3n) is 5.92. The van der Waals surface area contributed by atoms with Crippen LogP contribution in [0, 0.1) is 0 Å². The highest BCUT2D eigenvalue weighted by molar-refractivity contribution is 6.04. The largest absolute Gasteiger partial charge is 0.333 e. The molecule has 1 aromatic rings. The normalized spacial score (nSPS) is 19.1. The van der Waals surface area contributed by atoms with Gasteiger partial charge in [0.05, 0.1) is 11.3 Å². The summed E-state index contributed by atoms with van der Waals surface area (Å²) in [6, 6.07) is 8.21. The van der Waals surface area contributed by atoms with Crippen molar-refractivity contribution in [3.8, 4) is 0 Å². The Kier molecular flexibility index (Phi) is 6.70. The van der Waals surface area contributed by atoms with Crippen LogP contribution in [0.1, 0.15) is 87.9 Å². The van der Waals surface area contributed by atoms with Crippen LogP contribution < -0.4 is 5.32 Å². The van der Waals surface area contributed by atoms with Gasteiger partial charge in [0.15, 0.2) is 0 Å². The summed E-state index contributed by atoms with van der Waals surface area (Å²) in [7, 11) is 0. The van der Waals surface area contributed by atoms with Gasteiger partial charge in [-0.1, -0.05) is 57.6 Å². The number of hydrogen-bond donors (Lipinski definition) is 1. The van der Waals surface area contributed by atoms with Crippen LogP contribution in [0.25, 0.3) is 0 Å². The van der Waals surface area contributed by atoms with Gasteiger partial charge in [0, 0.05) is 18.5 Å². The van der Waals surface area contributed by atoms with E-state index in [1.54, 1.807) is 0 Å². The van der Waals surface area contributed by atoms with E-state index in [2.05, 4.69) is 10.2 Å². The molecule has 2 amide bonds. The maximum absolute atomic E-state index is 13.6. The van der Waals surface area contributed by atoms with Gasteiger partial charge in [-0.2, -0.15) is 0 Å². The Balaban J connectivity index is 1.88. The summed E-state index contributed by atoms with van der Waals surface area (Å²) < 4.78 is 0. The Morgan fingerprint density at radius 2 is 1.46 bits per heavy atom. The number of nitrogens with one attached hydrogen (secondary N) is 1. The van der Waals surface area contributed by atoms with Crippen LogP contribution in [0.15, 0.2) is 24.3 Å². The Bertz CT molecular complexity index is 598. The minimum atomic E-state index is -0.0490. The van der Waals surface area contributed by atoms with Gasteiger partial charge in [-0.25, -0.2) is 0 Å². The predicted molar refractivity (Wildman–Crippen MR) is 105 cm³/mol. The lowest BCUT2D eigenvalue weighted by molar-refractivity contribution is -0.115. The first-order chi connectivity index (χ1) is 12.7. The van der Waals surface area contributed by atoms with Crippen molar-refractivity contribution in [1.82, 2.24) is 4.90 Å². The number of carbonyl (C=O) groups is 2. The lowest BCUT2D eigenvalue weighted by Crippen LogP contribution is -2.49. The number of anilines is 1. The molecule has 0 radical (unpaired) electrons. The number of nitrogens with zero attached hydrogens (tertiary/aromatic N) is 1. The molecule has 142 valence electrons. The van der Waals surface area contributed by atoms with Crippen molar-refractivity contribution >= 4 is 17.5 Å². The summed E-state index contributed by atoms with van der Waals surface area (Å²) in [5.41, 5.74) is 1.30. The first kappa shape index (κ1) is 18.9. The van der Waals surface area contributed by atoms with Crippen LogP contribution in [0.3, 0.4) is 0 Å². The van der Waals surface area contributed by atoms with E-state index in [9.17, 15) is 9.59 Å². The third kappa shape index (κ3) is 4.46. The van der Waals surface area contributed by atoms with Crippen molar-refractivity contribution in [3.63, 3.8) is 0 Å². The summed E-state index contributed by atoms with van der Waals surface area (Å²) in [5.74, 6) is 0.0583. The molecule has 2 aliphatic carbocycles. The number of para-hydroxylation sites is 1. The fourth-order valence-corrected chi connectivity index (χ4v) is 4.50. The molecule has 0 bridgehead atoms. The van der Waals surface area contributed by atoms with E-state index < -0.39 is 0 Å². The van der Waals surface area contributed by atoms with E-state index >= 15 is 0 Å². The van der Waals surface area contributed by atoms with Gasteiger partial charge in [-0.05, 0) is 37.8 Å². The summed E-state index contributed by atoms with van der Waals surface area (Å²) in [4.78, 5) is 27.7. The van der Waals surface area contributed by atoms with E-state index in [1.165, 1.54) is 38.5 Å². The Hall–Kier alpha value is -1.84. The van der Waals surface area contributed by atoms with Gasteiger partial charge in [-0.15, -0.1) is 0 Å². The minimum Gasteiger partial charge on any atom is -0.333 e. The van der Waals surface area contributed by atoms with Crippen LogP contribution in [0.5, 0.6) is 0 Å². The van der Waals surface area contributed by atoms with E-state index in [4.69, 9.17) is 0 Å². The fraction of sp³-hybridized carbons (Fsp3) is 0.636. The molecule has 2 fully saturated rings. The zero-order valence-electron chi connectivity index (χ0n) is 16.0. The zero-order valence-corrected chi connectivity index (χ0v) is 16.0. The third-order valence-corrected chi connectivity index (χ3v) is 5.92.